The number of para-hydroxylation sites is 1. The van der Waals surface area contributed by atoms with Gasteiger partial charge in [0.1, 0.15) is 0 Å². The number of aliphatic imine (C=N–C) groups is 1. The molecule has 2 aromatic heterocycles. The Labute approximate surface area is 181 Å². The third-order valence-corrected chi connectivity index (χ3v) is 5.30. The summed E-state index contributed by atoms with van der Waals surface area (Å²) in [6.07, 6.45) is 2.73. The number of nitrogens with one attached hydrogen (secondary N) is 2. The zero-order valence-electron chi connectivity index (χ0n) is 16.0. The topological polar surface area (TPSA) is 62.2 Å². The van der Waals surface area contributed by atoms with E-state index in [1.54, 1.807) is 11.3 Å². The molecule has 0 amide bonds. The summed E-state index contributed by atoms with van der Waals surface area (Å²) in [6.45, 7) is 8.49. The maximum Gasteiger partial charge on any atom is 0.191 e. The van der Waals surface area contributed by atoms with Crippen molar-refractivity contribution < 1.29 is 0 Å². The van der Waals surface area contributed by atoms with Crippen molar-refractivity contribution in [2.45, 2.75) is 33.7 Å². The highest BCUT2D eigenvalue weighted by Crippen LogP contribution is 2.17. The van der Waals surface area contributed by atoms with Gasteiger partial charge in [-0.3, -0.25) is 4.98 Å². The molecule has 3 rings (SSSR count). The van der Waals surface area contributed by atoms with Crippen LogP contribution in [-0.4, -0.2) is 29.0 Å². The van der Waals surface area contributed by atoms with Gasteiger partial charge in [0.15, 0.2) is 5.96 Å². The predicted octanol–water partition coefficient (Wildman–Crippen LogP) is 4.22. The zero-order valence-corrected chi connectivity index (χ0v) is 19.1. The molecule has 144 valence electrons. The molecular formula is C20H26IN5S. The van der Waals surface area contributed by atoms with Crippen LogP contribution in [0, 0.1) is 13.8 Å². The van der Waals surface area contributed by atoms with Crippen LogP contribution in [0.15, 0.2) is 41.5 Å². The van der Waals surface area contributed by atoms with E-state index in [0.717, 1.165) is 47.6 Å². The lowest BCUT2D eigenvalue weighted by Gasteiger charge is -2.11. The van der Waals surface area contributed by atoms with E-state index in [2.05, 4.69) is 65.6 Å². The minimum Gasteiger partial charge on any atom is -0.357 e. The maximum atomic E-state index is 4.73. The molecule has 27 heavy (non-hydrogen) atoms. The van der Waals surface area contributed by atoms with Crippen LogP contribution in [0.3, 0.4) is 0 Å². The van der Waals surface area contributed by atoms with E-state index in [4.69, 9.17) is 4.99 Å². The summed E-state index contributed by atoms with van der Waals surface area (Å²) in [6, 6.07) is 10.3. The minimum absolute atomic E-state index is 0. The molecule has 0 unspecified atom stereocenters. The Kier molecular flexibility index (Phi) is 8.43. The van der Waals surface area contributed by atoms with Gasteiger partial charge in [-0.25, -0.2) is 9.98 Å². The monoisotopic (exact) mass is 495 g/mol. The molecule has 0 saturated heterocycles. The minimum atomic E-state index is 0. The summed E-state index contributed by atoms with van der Waals surface area (Å²) in [7, 11) is 0. The fourth-order valence-corrected chi connectivity index (χ4v) is 3.67. The summed E-state index contributed by atoms with van der Waals surface area (Å²) < 4.78 is 0. The number of benzene rings is 1. The van der Waals surface area contributed by atoms with E-state index >= 15 is 0 Å². The molecule has 7 heteroatoms. The number of hydrogen-bond acceptors (Lipinski definition) is 4. The number of aromatic nitrogens is 2. The third-order valence-electron chi connectivity index (χ3n) is 4.17. The molecule has 0 aliphatic carbocycles. The number of nitrogens with zero attached hydrogens (tertiary/aromatic N) is 3. The number of halogens is 1. The molecule has 0 saturated carbocycles. The SMILES string of the molecule is CCNC(=NCc1cccc2cccnc12)NCCc1nc(C)c(C)s1.I. The number of aryl methyl sites for hydroxylation is 2. The molecule has 0 aliphatic heterocycles. The van der Waals surface area contributed by atoms with Crippen LogP contribution < -0.4 is 10.6 Å². The average Bonchev–Trinajstić information content (AvgIpc) is 2.97. The first-order valence-electron chi connectivity index (χ1n) is 8.95. The van der Waals surface area contributed by atoms with Gasteiger partial charge in [-0.15, -0.1) is 35.3 Å². The van der Waals surface area contributed by atoms with Crippen LogP contribution in [0.5, 0.6) is 0 Å². The van der Waals surface area contributed by atoms with Crippen molar-refractivity contribution in [3.05, 3.63) is 57.7 Å². The Morgan fingerprint density at radius 1 is 1.15 bits per heavy atom. The molecule has 2 N–H and O–H groups in total. The van der Waals surface area contributed by atoms with Gasteiger partial charge in [0, 0.05) is 36.0 Å². The number of rotatable bonds is 6. The highest BCUT2D eigenvalue weighted by molar-refractivity contribution is 14.0. The van der Waals surface area contributed by atoms with E-state index in [1.807, 2.05) is 12.3 Å². The van der Waals surface area contributed by atoms with Crippen molar-refractivity contribution in [2.24, 2.45) is 4.99 Å². The van der Waals surface area contributed by atoms with Crippen LogP contribution in [0.2, 0.25) is 0 Å². The van der Waals surface area contributed by atoms with E-state index in [0.29, 0.717) is 6.54 Å². The third kappa shape index (κ3) is 5.87. The van der Waals surface area contributed by atoms with Gasteiger partial charge in [0.25, 0.3) is 0 Å². The molecule has 5 nitrogen and oxygen atoms in total. The highest BCUT2D eigenvalue weighted by Gasteiger charge is 2.05. The second kappa shape index (κ2) is 10.6. The van der Waals surface area contributed by atoms with Crippen LogP contribution in [-0.2, 0) is 13.0 Å². The normalized spacial score (nSPS) is 11.3. The van der Waals surface area contributed by atoms with Gasteiger partial charge in [-0.1, -0.05) is 24.3 Å². The van der Waals surface area contributed by atoms with Crippen molar-refractivity contribution in [3.8, 4) is 0 Å². The van der Waals surface area contributed by atoms with E-state index in [9.17, 15) is 0 Å². The molecule has 0 atom stereocenters. The smallest absolute Gasteiger partial charge is 0.191 e. The van der Waals surface area contributed by atoms with Gasteiger partial charge in [0.05, 0.1) is 22.8 Å². The van der Waals surface area contributed by atoms with Crippen molar-refractivity contribution in [3.63, 3.8) is 0 Å². The van der Waals surface area contributed by atoms with E-state index in [-0.39, 0.29) is 24.0 Å². The molecule has 1 aromatic carbocycles. The summed E-state index contributed by atoms with van der Waals surface area (Å²) >= 11 is 1.77. The first kappa shape index (κ1) is 21.6. The fraction of sp³-hybridized carbons (Fsp3) is 0.350. The molecule has 0 aliphatic rings. The lowest BCUT2D eigenvalue weighted by molar-refractivity contribution is 0.796. The van der Waals surface area contributed by atoms with Gasteiger partial charge < -0.3 is 10.6 Å². The Hall–Kier alpha value is -1.74. The zero-order chi connectivity index (χ0) is 18.4. The second-order valence-electron chi connectivity index (χ2n) is 6.11. The quantitative estimate of drug-likeness (QED) is 0.306. The second-order valence-corrected chi connectivity index (χ2v) is 7.40. The number of fused-ring (bicyclic) bond motifs is 1. The predicted molar refractivity (Wildman–Crippen MR) is 125 cm³/mol. The lowest BCUT2D eigenvalue weighted by Crippen LogP contribution is -2.38. The van der Waals surface area contributed by atoms with Crippen molar-refractivity contribution >= 4 is 52.2 Å². The number of hydrogen-bond donors (Lipinski definition) is 2. The number of guanidine groups is 1. The largest absolute Gasteiger partial charge is 0.357 e. The van der Waals surface area contributed by atoms with Crippen molar-refractivity contribution in [2.75, 3.05) is 13.1 Å². The lowest BCUT2D eigenvalue weighted by atomic mass is 10.1. The fourth-order valence-electron chi connectivity index (χ4n) is 2.73. The van der Waals surface area contributed by atoms with Gasteiger partial charge >= 0.3 is 0 Å². The number of pyridine rings is 1. The van der Waals surface area contributed by atoms with Gasteiger partial charge in [0.2, 0.25) is 0 Å². The standard InChI is InChI=1S/C20H25N5S.HI/c1-4-21-20(23-12-10-18-25-14(2)15(3)26-18)24-13-17-8-5-7-16-9-6-11-22-19(16)17;/h5-9,11H,4,10,12-13H2,1-3H3,(H2,21,23,24);1H. The molecule has 0 bridgehead atoms. The van der Waals surface area contributed by atoms with E-state index < -0.39 is 0 Å². The van der Waals surface area contributed by atoms with Gasteiger partial charge in [-0.05, 0) is 32.4 Å². The van der Waals surface area contributed by atoms with Gasteiger partial charge in [-0.2, -0.15) is 0 Å². The van der Waals surface area contributed by atoms with Crippen LogP contribution >= 0.6 is 35.3 Å². The first-order valence-corrected chi connectivity index (χ1v) is 9.76. The average molecular weight is 495 g/mol. The van der Waals surface area contributed by atoms with Crippen molar-refractivity contribution in [1.29, 1.82) is 0 Å². The summed E-state index contributed by atoms with van der Waals surface area (Å²) in [4.78, 5) is 15.1. The summed E-state index contributed by atoms with van der Waals surface area (Å²) in [5.41, 5.74) is 3.28. The highest BCUT2D eigenvalue weighted by atomic mass is 127. The van der Waals surface area contributed by atoms with Crippen LogP contribution in [0.4, 0.5) is 0 Å². The Bertz CT molecular complexity index is 882. The molecule has 3 aromatic rings. The van der Waals surface area contributed by atoms with Crippen LogP contribution in [0.25, 0.3) is 10.9 Å². The number of thiazole rings is 1. The molecule has 2 heterocycles. The molecule has 0 radical (unpaired) electrons. The Morgan fingerprint density at radius 2 is 1.96 bits per heavy atom. The molecule has 0 fully saturated rings. The van der Waals surface area contributed by atoms with Crippen molar-refractivity contribution in [1.82, 2.24) is 20.6 Å². The first-order chi connectivity index (χ1) is 12.7. The van der Waals surface area contributed by atoms with E-state index in [1.165, 1.54) is 9.88 Å². The molecular weight excluding hydrogens is 469 g/mol. The summed E-state index contributed by atoms with van der Waals surface area (Å²) in [5.74, 6) is 0.824. The summed E-state index contributed by atoms with van der Waals surface area (Å²) in [5, 5.41) is 9.02. The Balaban J connectivity index is 0.00000261. The van der Waals surface area contributed by atoms with Crippen LogP contribution in [0.1, 0.15) is 28.1 Å². The maximum absolute atomic E-state index is 4.73. The molecule has 0 spiro atoms. The Morgan fingerprint density at radius 3 is 2.70 bits per heavy atom.